The maximum absolute atomic E-state index is 13.1. The van der Waals surface area contributed by atoms with E-state index in [0.29, 0.717) is 6.54 Å². The van der Waals surface area contributed by atoms with Crippen LogP contribution in [0.25, 0.3) is 10.9 Å². The Morgan fingerprint density at radius 3 is 2.80 bits per heavy atom. The molecule has 4 rings (SSSR count). The van der Waals surface area contributed by atoms with Crippen LogP contribution in [0.4, 0.5) is 0 Å². The summed E-state index contributed by atoms with van der Waals surface area (Å²) in [5.74, 6) is 0.0191. The first kappa shape index (κ1) is 15.8. The first-order valence-electron chi connectivity index (χ1n) is 8.61. The summed E-state index contributed by atoms with van der Waals surface area (Å²) < 4.78 is 1.81. The highest BCUT2D eigenvalue weighted by molar-refractivity contribution is 5.86. The molecule has 0 aliphatic carbocycles. The Labute approximate surface area is 146 Å². The van der Waals surface area contributed by atoms with Gasteiger partial charge in [0.15, 0.2) is 0 Å². The number of pyridine rings is 1. The van der Waals surface area contributed by atoms with Gasteiger partial charge in [0.2, 0.25) is 5.91 Å². The van der Waals surface area contributed by atoms with Crippen LogP contribution in [-0.4, -0.2) is 33.8 Å². The maximum atomic E-state index is 13.1. The number of nitrogens with one attached hydrogen (secondary N) is 2. The molecule has 1 aliphatic rings. The lowest BCUT2D eigenvalue weighted by atomic mass is 9.87. The monoisotopic (exact) mass is 335 g/mol. The van der Waals surface area contributed by atoms with Gasteiger partial charge in [-0.05, 0) is 43.6 Å². The summed E-state index contributed by atoms with van der Waals surface area (Å²) in [7, 11) is 0. The van der Waals surface area contributed by atoms with E-state index in [-0.39, 0.29) is 5.91 Å². The molecule has 0 spiro atoms. The second kappa shape index (κ2) is 6.64. The van der Waals surface area contributed by atoms with Crippen molar-refractivity contribution in [2.24, 2.45) is 0 Å². The zero-order chi connectivity index (χ0) is 17.1. The number of carbonyl (C=O) groups excluding carboxylic acids is 1. The van der Waals surface area contributed by atoms with Gasteiger partial charge in [-0.1, -0.05) is 24.3 Å². The highest BCUT2D eigenvalue weighted by atomic mass is 16.2. The Morgan fingerprint density at radius 2 is 2.00 bits per heavy atom. The van der Waals surface area contributed by atoms with E-state index in [1.807, 2.05) is 47.3 Å². The number of fused-ring (bicyclic) bond motifs is 1. The van der Waals surface area contributed by atoms with Crippen LogP contribution in [0.1, 0.15) is 18.4 Å². The minimum atomic E-state index is -0.618. The molecule has 1 aliphatic heterocycles. The van der Waals surface area contributed by atoms with E-state index < -0.39 is 5.54 Å². The molecule has 0 unspecified atom stereocenters. The predicted molar refractivity (Wildman–Crippen MR) is 95.9 cm³/mol. The number of nitrogens with zero attached hydrogens (tertiary/aromatic N) is 3. The van der Waals surface area contributed by atoms with Crippen molar-refractivity contribution in [2.75, 3.05) is 13.1 Å². The van der Waals surface area contributed by atoms with Crippen molar-refractivity contribution in [3.63, 3.8) is 0 Å². The molecule has 1 aromatic carbocycles. The number of hydrogen-bond donors (Lipinski definition) is 2. The lowest BCUT2D eigenvalue weighted by Crippen LogP contribution is -2.54. The van der Waals surface area contributed by atoms with Crippen molar-refractivity contribution in [1.82, 2.24) is 25.4 Å². The van der Waals surface area contributed by atoms with Crippen molar-refractivity contribution in [2.45, 2.75) is 24.9 Å². The fraction of sp³-hybridized carbons (Fsp3) is 0.316. The molecule has 1 saturated heterocycles. The van der Waals surface area contributed by atoms with Crippen LogP contribution in [-0.2, 0) is 16.9 Å². The third-order valence-corrected chi connectivity index (χ3v) is 4.95. The Morgan fingerprint density at radius 1 is 1.16 bits per heavy atom. The summed E-state index contributed by atoms with van der Waals surface area (Å²) in [5, 5.41) is 11.9. The molecule has 3 heterocycles. The summed E-state index contributed by atoms with van der Waals surface area (Å²) in [6, 6.07) is 11.9. The average Bonchev–Trinajstić information content (AvgIpc) is 3.22. The second-order valence-electron chi connectivity index (χ2n) is 6.41. The topological polar surface area (TPSA) is 71.8 Å². The number of carbonyl (C=O) groups is 1. The van der Waals surface area contributed by atoms with Crippen LogP contribution in [0.15, 0.2) is 55.0 Å². The lowest BCUT2D eigenvalue weighted by Gasteiger charge is -2.36. The molecule has 1 fully saturated rings. The van der Waals surface area contributed by atoms with Crippen LogP contribution in [0, 0.1) is 0 Å². The van der Waals surface area contributed by atoms with Gasteiger partial charge in [-0.25, -0.2) is 0 Å². The Hall–Kier alpha value is -2.73. The number of aromatic nitrogens is 3. The number of benzene rings is 1. The Kier molecular flexibility index (Phi) is 4.19. The van der Waals surface area contributed by atoms with Crippen LogP contribution in [0.5, 0.6) is 0 Å². The number of amides is 1. The van der Waals surface area contributed by atoms with Crippen molar-refractivity contribution in [3.8, 4) is 0 Å². The van der Waals surface area contributed by atoms with Gasteiger partial charge in [0.1, 0.15) is 5.54 Å². The summed E-state index contributed by atoms with van der Waals surface area (Å²) in [6.07, 6.45) is 6.85. The van der Waals surface area contributed by atoms with E-state index >= 15 is 0 Å². The molecular formula is C19H21N5O. The minimum absolute atomic E-state index is 0.0191. The molecule has 2 aromatic heterocycles. The van der Waals surface area contributed by atoms with Crippen LogP contribution in [0.2, 0.25) is 0 Å². The SMILES string of the molecule is O=C(NCc1cccc2cccnc12)C1(n2cccn2)CCNCC1. The van der Waals surface area contributed by atoms with Gasteiger partial charge >= 0.3 is 0 Å². The summed E-state index contributed by atoms with van der Waals surface area (Å²) in [6.45, 7) is 2.08. The standard InChI is InChI=1S/C19H21N5O/c25-18(19(7-11-20-12-8-19)24-13-3-10-23-24)22-14-16-5-1-4-15-6-2-9-21-17(15)16/h1-6,9-10,13,20H,7-8,11-12,14H2,(H,22,25). The molecule has 6 nitrogen and oxygen atoms in total. The first-order valence-corrected chi connectivity index (χ1v) is 8.61. The number of rotatable bonds is 4. The van der Waals surface area contributed by atoms with Crippen molar-refractivity contribution in [1.29, 1.82) is 0 Å². The molecule has 128 valence electrons. The smallest absolute Gasteiger partial charge is 0.248 e. The molecule has 0 radical (unpaired) electrons. The van der Waals surface area contributed by atoms with E-state index in [1.165, 1.54) is 0 Å². The summed E-state index contributed by atoms with van der Waals surface area (Å²) in [4.78, 5) is 17.6. The Bertz CT molecular complexity index is 863. The Balaban J connectivity index is 1.58. The highest BCUT2D eigenvalue weighted by Gasteiger charge is 2.41. The third kappa shape index (κ3) is 2.89. The van der Waals surface area contributed by atoms with Gasteiger partial charge in [-0.15, -0.1) is 0 Å². The zero-order valence-electron chi connectivity index (χ0n) is 14.0. The number of para-hydroxylation sites is 1. The molecular weight excluding hydrogens is 314 g/mol. The van der Waals surface area contributed by atoms with Crippen LogP contribution >= 0.6 is 0 Å². The molecule has 0 bridgehead atoms. The predicted octanol–water partition coefficient (Wildman–Crippen LogP) is 1.83. The molecule has 2 N–H and O–H groups in total. The molecule has 25 heavy (non-hydrogen) atoms. The first-order chi connectivity index (χ1) is 12.3. The summed E-state index contributed by atoms with van der Waals surface area (Å²) >= 11 is 0. The van der Waals surface area contributed by atoms with Crippen LogP contribution < -0.4 is 10.6 Å². The normalized spacial score (nSPS) is 16.6. The van der Waals surface area contributed by atoms with Gasteiger partial charge in [0.25, 0.3) is 0 Å². The van der Waals surface area contributed by atoms with Crippen molar-refractivity contribution in [3.05, 3.63) is 60.6 Å². The number of piperidine rings is 1. The highest BCUT2D eigenvalue weighted by Crippen LogP contribution is 2.27. The van der Waals surface area contributed by atoms with E-state index in [0.717, 1.165) is 42.4 Å². The molecule has 0 saturated carbocycles. The van der Waals surface area contributed by atoms with Gasteiger partial charge in [-0.2, -0.15) is 5.10 Å². The van der Waals surface area contributed by atoms with Crippen molar-refractivity contribution < 1.29 is 4.79 Å². The third-order valence-electron chi connectivity index (χ3n) is 4.95. The molecule has 3 aromatic rings. The zero-order valence-corrected chi connectivity index (χ0v) is 14.0. The van der Waals surface area contributed by atoms with E-state index in [4.69, 9.17) is 0 Å². The van der Waals surface area contributed by atoms with E-state index in [9.17, 15) is 4.79 Å². The van der Waals surface area contributed by atoms with Gasteiger partial charge in [-0.3, -0.25) is 14.5 Å². The fourth-order valence-electron chi connectivity index (χ4n) is 3.57. The summed E-state index contributed by atoms with van der Waals surface area (Å²) in [5.41, 5.74) is 1.34. The lowest BCUT2D eigenvalue weighted by molar-refractivity contribution is -0.132. The van der Waals surface area contributed by atoms with Gasteiger partial charge in [0, 0.05) is 30.5 Å². The maximum Gasteiger partial charge on any atom is 0.248 e. The average molecular weight is 335 g/mol. The second-order valence-corrected chi connectivity index (χ2v) is 6.41. The van der Waals surface area contributed by atoms with Crippen LogP contribution in [0.3, 0.4) is 0 Å². The quantitative estimate of drug-likeness (QED) is 0.763. The van der Waals surface area contributed by atoms with E-state index in [2.05, 4.69) is 20.7 Å². The minimum Gasteiger partial charge on any atom is -0.350 e. The molecule has 6 heteroatoms. The van der Waals surface area contributed by atoms with E-state index in [1.54, 1.807) is 12.4 Å². The molecule has 1 amide bonds. The van der Waals surface area contributed by atoms with Gasteiger partial charge in [0.05, 0.1) is 5.52 Å². The largest absolute Gasteiger partial charge is 0.350 e. The fourth-order valence-corrected chi connectivity index (χ4v) is 3.57. The van der Waals surface area contributed by atoms with Gasteiger partial charge < -0.3 is 10.6 Å². The van der Waals surface area contributed by atoms with Crippen molar-refractivity contribution >= 4 is 16.8 Å². The number of hydrogen-bond acceptors (Lipinski definition) is 4. The molecule has 0 atom stereocenters.